The highest BCUT2D eigenvalue weighted by Crippen LogP contribution is 2.34. The zero-order chi connectivity index (χ0) is 26.8. The van der Waals surface area contributed by atoms with Gasteiger partial charge < -0.3 is 14.2 Å². The molecule has 0 heterocycles. The van der Waals surface area contributed by atoms with Crippen molar-refractivity contribution in [3.05, 3.63) is 92.0 Å². The first-order valence-corrected chi connectivity index (χ1v) is 11.3. The molecule has 1 N–H and O–H groups in total. The fraction of sp³-hybridized carbons (Fsp3) is 0.200. The average Bonchev–Trinajstić information content (AvgIpc) is 2.89. The van der Waals surface area contributed by atoms with E-state index in [1.54, 1.807) is 30.3 Å². The van der Waals surface area contributed by atoms with Crippen molar-refractivity contribution in [2.24, 2.45) is 5.10 Å². The highest BCUT2D eigenvalue weighted by atomic mass is 16.6. The molecule has 3 aromatic rings. The Hall–Kier alpha value is -5.00. The van der Waals surface area contributed by atoms with Gasteiger partial charge in [0.2, 0.25) is 5.75 Å². The third kappa shape index (κ3) is 7.24. The summed E-state index contributed by atoms with van der Waals surface area (Å²) in [7, 11) is 0. The van der Waals surface area contributed by atoms with E-state index >= 15 is 0 Å². The molecule has 3 rings (SSSR count). The second-order valence-electron chi connectivity index (χ2n) is 7.48. The van der Waals surface area contributed by atoms with Crippen molar-refractivity contribution >= 4 is 23.5 Å². The lowest BCUT2D eigenvalue weighted by Gasteiger charge is -2.12. The minimum absolute atomic E-state index is 0.137. The van der Waals surface area contributed by atoms with Gasteiger partial charge in [0, 0.05) is 11.6 Å². The first-order chi connectivity index (χ1) is 17.8. The fourth-order valence-electron chi connectivity index (χ4n) is 3.08. The van der Waals surface area contributed by atoms with Crippen molar-refractivity contribution in [1.82, 2.24) is 5.43 Å². The lowest BCUT2D eigenvalue weighted by atomic mass is 10.2. The molecule has 0 radical (unpaired) electrons. The number of nitrogens with one attached hydrogen (secondary N) is 1. The van der Waals surface area contributed by atoms with E-state index < -0.39 is 27.1 Å². The first kappa shape index (κ1) is 26.6. The molecule has 192 valence electrons. The molecule has 0 saturated heterocycles. The van der Waals surface area contributed by atoms with Crippen molar-refractivity contribution in [3.8, 4) is 23.0 Å². The van der Waals surface area contributed by atoms with Crippen LogP contribution < -0.4 is 19.6 Å². The van der Waals surface area contributed by atoms with E-state index in [9.17, 15) is 25.0 Å². The van der Waals surface area contributed by atoms with E-state index in [1.807, 2.05) is 13.8 Å². The number of amides is 1. The van der Waals surface area contributed by atoms with Gasteiger partial charge in [-0.3, -0.25) is 25.0 Å². The number of hydrazone groups is 1. The van der Waals surface area contributed by atoms with Crippen LogP contribution in [0, 0.1) is 20.2 Å². The van der Waals surface area contributed by atoms with Crippen LogP contribution in [0.15, 0.2) is 65.8 Å². The van der Waals surface area contributed by atoms with Crippen LogP contribution in [-0.2, 0) is 0 Å². The maximum absolute atomic E-state index is 12.5. The number of nitrogens with zero attached hydrogens (tertiary/aromatic N) is 3. The molecule has 37 heavy (non-hydrogen) atoms. The summed E-state index contributed by atoms with van der Waals surface area (Å²) in [6.45, 7) is 4.78. The molecule has 0 aliphatic carbocycles. The van der Waals surface area contributed by atoms with Crippen LogP contribution in [0.25, 0.3) is 0 Å². The highest BCUT2D eigenvalue weighted by Gasteiger charge is 2.21. The summed E-state index contributed by atoms with van der Waals surface area (Å²) in [5, 5.41) is 26.1. The minimum atomic E-state index is -0.755. The largest absolute Gasteiger partial charge is 0.490 e. The summed E-state index contributed by atoms with van der Waals surface area (Å²) in [4.78, 5) is 33.1. The highest BCUT2D eigenvalue weighted by molar-refractivity contribution is 5.95. The molecule has 0 aliphatic heterocycles. The number of rotatable bonds is 12. The Bertz CT molecular complexity index is 1310. The molecule has 0 bridgehead atoms. The fourth-order valence-corrected chi connectivity index (χ4v) is 3.08. The van der Waals surface area contributed by atoms with Crippen LogP contribution in [-0.4, -0.2) is 35.2 Å². The Balaban J connectivity index is 1.64. The quantitative estimate of drug-likeness (QED) is 0.198. The minimum Gasteiger partial charge on any atom is -0.490 e. The Morgan fingerprint density at radius 2 is 1.65 bits per heavy atom. The molecule has 12 nitrogen and oxygen atoms in total. The molecule has 0 spiro atoms. The van der Waals surface area contributed by atoms with Crippen LogP contribution in [0.3, 0.4) is 0 Å². The lowest BCUT2D eigenvalue weighted by Crippen LogP contribution is -2.17. The second-order valence-corrected chi connectivity index (χ2v) is 7.48. The van der Waals surface area contributed by atoms with Gasteiger partial charge in [0.25, 0.3) is 11.6 Å². The van der Waals surface area contributed by atoms with Crippen molar-refractivity contribution < 1.29 is 28.9 Å². The van der Waals surface area contributed by atoms with Gasteiger partial charge in [-0.2, -0.15) is 5.10 Å². The van der Waals surface area contributed by atoms with E-state index in [1.165, 1.54) is 24.4 Å². The Kier molecular flexibility index (Phi) is 9.08. The van der Waals surface area contributed by atoms with E-state index in [0.717, 1.165) is 18.6 Å². The van der Waals surface area contributed by atoms with E-state index in [0.29, 0.717) is 35.8 Å². The Morgan fingerprint density at radius 1 is 0.919 bits per heavy atom. The molecular weight excluding hydrogens is 484 g/mol. The molecule has 0 unspecified atom stereocenters. The van der Waals surface area contributed by atoms with Gasteiger partial charge in [-0.25, -0.2) is 5.43 Å². The molecule has 12 heteroatoms. The summed E-state index contributed by atoms with van der Waals surface area (Å²) in [6, 6.07) is 14.3. The smallest absolute Gasteiger partial charge is 0.318 e. The molecule has 0 fully saturated rings. The van der Waals surface area contributed by atoms with Crippen LogP contribution >= 0.6 is 0 Å². The number of hydrogen-bond donors (Lipinski definition) is 1. The van der Waals surface area contributed by atoms with Gasteiger partial charge in [-0.05, 0) is 67.4 Å². The zero-order valence-corrected chi connectivity index (χ0v) is 20.1. The molecule has 1 amide bonds. The second kappa shape index (κ2) is 12.6. The monoisotopic (exact) mass is 508 g/mol. The van der Waals surface area contributed by atoms with Gasteiger partial charge in [-0.1, -0.05) is 6.92 Å². The van der Waals surface area contributed by atoms with Gasteiger partial charge in [0.15, 0.2) is 11.5 Å². The number of carbonyl (C=O) groups excluding carboxylic acids is 1. The maximum atomic E-state index is 12.5. The maximum Gasteiger partial charge on any atom is 0.318 e. The van der Waals surface area contributed by atoms with E-state index in [4.69, 9.17) is 14.2 Å². The molecule has 3 aromatic carbocycles. The van der Waals surface area contributed by atoms with Crippen LogP contribution in [0.5, 0.6) is 23.0 Å². The number of carbonyl (C=O) groups is 1. The molecule has 0 aliphatic rings. The standard InChI is InChI=1S/C25H24N4O8/c1-3-13-36-23-11-7-18(14-24(23)35-4-2)25(30)27-26-16-17-5-9-20(10-6-17)37-22-12-8-19(28(31)32)15-21(22)29(33)34/h5-12,14-16H,3-4,13H2,1-2H3,(H,27,30)/b26-16+. The van der Waals surface area contributed by atoms with Crippen molar-refractivity contribution in [3.63, 3.8) is 0 Å². The normalized spacial score (nSPS) is 10.6. The van der Waals surface area contributed by atoms with E-state index in [-0.39, 0.29) is 11.5 Å². The Morgan fingerprint density at radius 3 is 2.30 bits per heavy atom. The van der Waals surface area contributed by atoms with Crippen molar-refractivity contribution in [1.29, 1.82) is 0 Å². The summed E-state index contributed by atoms with van der Waals surface area (Å²) in [5.41, 5.74) is 2.46. The summed E-state index contributed by atoms with van der Waals surface area (Å²) >= 11 is 0. The molecular formula is C25H24N4O8. The van der Waals surface area contributed by atoms with Crippen molar-refractivity contribution in [2.75, 3.05) is 13.2 Å². The summed E-state index contributed by atoms with van der Waals surface area (Å²) in [5.74, 6) is 0.722. The predicted molar refractivity (Wildman–Crippen MR) is 135 cm³/mol. The van der Waals surface area contributed by atoms with Crippen LogP contribution in [0.4, 0.5) is 11.4 Å². The predicted octanol–water partition coefficient (Wildman–Crippen LogP) is 5.25. The van der Waals surface area contributed by atoms with Crippen LogP contribution in [0.2, 0.25) is 0 Å². The van der Waals surface area contributed by atoms with Crippen molar-refractivity contribution in [2.45, 2.75) is 20.3 Å². The number of non-ortho nitro benzene ring substituents is 1. The number of nitro benzene ring substituents is 2. The number of nitro groups is 2. The van der Waals surface area contributed by atoms with Crippen LogP contribution in [0.1, 0.15) is 36.2 Å². The third-order valence-electron chi connectivity index (χ3n) is 4.81. The number of hydrogen-bond acceptors (Lipinski definition) is 9. The molecule has 0 saturated carbocycles. The lowest BCUT2D eigenvalue weighted by molar-refractivity contribution is -0.394. The first-order valence-electron chi connectivity index (χ1n) is 11.3. The van der Waals surface area contributed by atoms with Gasteiger partial charge in [0.1, 0.15) is 5.75 Å². The zero-order valence-electron chi connectivity index (χ0n) is 20.1. The summed E-state index contributed by atoms with van der Waals surface area (Å²) in [6.07, 6.45) is 2.25. The topological polar surface area (TPSA) is 155 Å². The average molecular weight is 508 g/mol. The number of benzene rings is 3. The SMILES string of the molecule is CCCOc1ccc(C(=O)N/N=C/c2ccc(Oc3ccc([N+](=O)[O-])cc3[N+](=O)[O-])cc2)cc1OCC. The van der Waals surface area contributed by atoms with Gasteiger partial charge in [-0.15, -0.1) is 0 Å². The number of ether oxygens (including phenoxy) is 3. The molecule has 0 aromatic heterocycles. The van der Waals surface area contributed by atoms with Gasteiger partial charge in [0.05, 0.1) is 35.3 Å². The Labute approximate surface area is 211 Å². The summed E-state index contributed by atoms with van der Waals surface area (Å²) < 4.78 is 16.7. The third-order valence-corrected chi connectivity index (χ3v) is 4.81. The molecule has 0 atom stereocenters. The van der Waals surface area contributed by atoms with Gasteiger partial charge >= 0.3 is 5.69 Å². The van der Waals surface area contributed by atoms with E-state index in [2.05, 4.69) is 10.5 Å².